The van der Waals surface area contributed by atoms with Crippen LogP contribution in [0.1, 0.15) is 55.1 Å². The molecule has 36 heavy (non-hydrogen) atoms. The Bertz CT molecular complexity index is 1480. The maximum absolute atomic E-state index is 12.8. The van der Waals surface area contributed by atoms with E-state index in [9.17, 15) is 14.4 Å². The normalized spacial score (nSPS) is 10.8. The largest absolute Gasteiger partial charge is 0.462 e. The molecule has 0 bridgehead atoms. The second-order valence-electron chi connectivity index (χ2n) is 7.90. The molecule has 1 amide bonds. The molecule has 10 heteroatoms. The van der Waals surface area contributed by atoms with Crippen LogP contribution < -0.4 is 11.1 Å². The molecule has 4 rings (SSSR count). The molecule has 0 saturated heterocycles. The first-order valence-electron chi connectivity index (χ1n) is 11.1. The van der Waals surface area contributed by atoms with Gasteiger partial charge in [-0.1, -0.05) is 29.8 Å². The lowest BCUT2D eigenvalue weighted by Gasteiger charge is -2.11. The second-order valence-corrected chi connectivity index (χ2v) is 7.90. The van der Waals surface area contributed by atoms with Crippen LogP contribution in [0.25, 0.3) is 11.1 Å². The first-order valence-corrected chi connectivity index (χ1v) is 11.1. The monoisotopic (exact) mass is 488 g/mol. The third-order valence-electron chi connectivity index (χ3n) is 5.29. The number of nitrogens with one attached hydrogen (secondary N) is 1. The van der Waals surface area contributed by atoms with Gasteiger partial charge in [-0.05, 0) is 45.0 Å². The van der Waals surface area contributed by atoms with E-state index >= 15 is 0 Å². The van der Waals surface area contributed by atoms with Crippen LogP contribution in [-0.2, 0) is 16.1 Å². The van der Waals surface area contributed by atoms with Crippen LogP contribution >= 0.6 is 0 Å². The summed E-state index contributed by atoms with van der Waals surface area (Å²) < 4.78 is 16.0. The highest BCUT2D eigenvalue weighted by Gasteiger charge is 2.24. The number of carbonyl (C=O) groups excluding carboxylic acids is 3. The molecule has 0 saturated carbocycles. The minimum Gasteiger partial charge on any atom is -0.462 e. The molecule has 0 fully saturated rings. The second kappa shape index (κ2) is 10.3. The summed E-state index contributed by atoms with van der Waals surface area (Å²) in [6, 6.07) is 13.6. The van der Waals surface area contributed by atoms with E-state index < -0.39 is 11.9 Å². The van der Waals surface area contributed by atoms with Crippen LogP contribution in [0.5, 0.6) is 0 Å². The van der Waals surface area contributed by atoms with Gasteiger partial charge in [0.05, 0.1) is 23.2 Å². The number of furan rings is 1. The van der Waals surface area contributed by atoms with Gasteiger partial charge in [0.25, 0.3) is 5.91 Å². The average molecular weight is 489 g/mol. The number of nitrogens with two attached hydrogens (primary N) is 1. The Kier molecular flexibility index (Phi) is 6.95. The van der Waals surface area contributed by atoms with Gasteiger partial charge in [0.15, 0.2) is 12.4 Å². The minimum atomic E-state index is -0.694. The van der Waals surface area contributed by atoms with Gasteiger partial charge in [0.2, 0.25) is 5.71 Å². The maximum atomic E-state index is 12.8. The van der Waals surface area contributed by atoms with Crippen LogP contribution in [0.15, 0.2) is 52.9 Å². The van der Waals surface area contributed by atoms with E-state index in [0.29, 0.717) is 11.3 Å². The van der Waals surface area contributed by atoms with Crippen molar-refractivity contribution in [1.82, 2.24) is 9.97 Å². The Morgan fingerprint density at radius 2 is 1.78 bits per heavy atom. The lowest BCUT2D eigenvalue weighted by Crippen LogP contribution is -2.16. The van der Waals surface area contributed by atoms with E-state index in [2.05, 4.69) is 15.3 Å². The molecule has 2 aromatic carbocycles. The van der Waals surface area contributed by atoms with Gasteiger partial charge in [-0.25, -0.2) is 14.6 Å². The summed E-state index contributed by atoms with van der Waals surface area (Å²) in [7, 11) is 0. The third kappa shape index (κ3) is 5.02. The molecular formula is C26H24N4O6. The number of nitrogen functional groups attached to an aromatic ring is 1. The van der Waals surface area contributed by atoms with Gasteiger partial charge in [0, 0.05) is 5.56 Å². The zero-order valence-electron chi connectivity index (χ0n) is 20.0. The van der Waals surface area contributed by atoms with Crippen LogP contribution in [0, 0.1) is 13.8 Å². The van der Waals surface area contributed by atoms with E-state index in [1.165, 1.54) is 6.07 Å². The fourth-order valence-corrected chi connectivity index (χ4v) is 3.66. The fraction of sp³-hybridized carbons (Fsp3) is 0.192. The van der Waals surface area contributed by atoms with Crippen molar-refractivity contribution < 1.29 is 28.3 Å². The van der Waals surface area contributed by atoms with Crippen molar-refractivity contribution >= 4 is 40.5 Å². The molecule has 3 N–H and O–H groups in total. The fourth-order valence-electron chi connectivity index (χ4n) is 3.66. The van der Waals surface area contributed by atoms with Crippen LogP contribution in [0.3, 0.4) is 0 Å². The summed E-state index contributed by atoms with van der Waals surface area (Å²) in [5.41, 5.74) is 8.16. The van der Waals surface area contributed by atoms with Gasteiger partial charge in [0.1, 0.15) is 17.1 Å². The summed E-state index contributed by atoms with van der Waals surface area (Å²) in [6.45, 7) is 5.04. The van der Waals surface area contributed by atoms with E-state index in [-0.39, 0.29) is 58.8 Å². The number of hydrogen-bond acceptors (Lipinski definition) is 9. The van der Waals surface area contributed by atoms with E-state index in [0.717, 1.165) is 5.56 Å². The third-order valence-corrected chi connectivity index (χ3v) is 5.29. The van der Waals surface area contributed by atoms with Crippen molar-refractivity contribution in [2.45, 2.75) is 27.4 Å². The van der Waals surface area contributed by atoms with Crippen molar-refractivity contribution in [3.05, 3.63) is 82.4 Å². The van der Waals surface area contributed by atoms with E-state index in [1.807, 2.05) is 13.0 Å². The molecule has 0 unspecified atom stereocenters. The molecule has 0 aliphatic rings. The van der Waals surface area contributed by atoms with Gasteiger partial charge in [-0.15, -0.1) is 0 Å². The number of fused-ring (bicyclic) bond motifs is 1. The Morgan fingerprint density at radius 3 is 2.53 bits per heavy atom. The van der Waals surface area contributed by atoms with E-state index in [1.54, 1.807) is 50.2 Å². The molecular weight excluding hydrogens is 464 g/mol. The van der Waals surface area contributed by atoms with Gasteiger partial charge >= 0.3 is 11.9 Å². The van der Waals surface area contributed by atoms with Gasteiger partial charge < -0.3 is 24.9 Å². The quantitative estimate of drug-likeness (QED) is 0.365. The number of amides is 1. The summed E-state index contributed by atoms with van der Waals surface area (Å²) in [6.07, 6.45) is 0. The molecule has 0 aliphatic carbocycles. The number of nitrogens with zero attached hydrogens (tertiary/aromatic N) is 2. The van der Waals surface area contributed by atoms with Crippen molar-refractivity contribution in [3.63, 3.8) is 0 Å². The van der Waals surface area contributed by atoms with Crippen molar-refractivity contribution in [2.24, 2.45) is 0 Å². The summed E-state index contributed by atoms with van der Waals surface area (Å²) in [4.78, 5) is 46.2. The molecule has 10 nitrogen and oxygen atoms in total. The number of esters is 2. The number of anilines is 2. The lowest BCUT2D eigenvalue weighted by molar-refractivity contribution is 0.0462. The summed E-state index contributed by atoms with van der Waals surface area (Å²) in [5.74, 6) is -1.27. The molecule has 0 spiro atoms. The number of ether oxygens (including phenoxy) is 2. The van der Waals surface area contributed by atoms with Gasteiger partial charge in [-0.3, -0.25) is 4.79 Å². The highest BCUT2D eigenvalue weighted by Crippen LogP contribution is 2.29. The Balaban J connectivity index is 1.52. The summed E-state index contributed by atoms with van der Waals surface area (Å²) in [5, 5.41) is 2.99. The first-order chi connectivity index (χ1) is 17.3. The molecule has 0 aliphatic heterocycles. The smallest absolute Gasteiger partial charge is 0.342 e. The number of aromatic nitrogens is 2. The van der Waals surface area contributed by atoms with Crippen LogP contribution in [0.2, 0.25) is 0 Å². The molecule has 4 aromatic rings. The lowest BCUT2D eigenvalue weighted by atomic mass is 10.1. The predicted octanol–water partition coefficient (Wildman–Crippen LogP) is 4.21. The van der Waals surface area contributed by atoms with Crippen molar-refractivity contribution in [2.75, 3.05) is 17.7 Å². The Morgan fingerprint density at radius 1 is 1.00 bits per heavy atom. The Labute approximate surface area is 206 Å². The average Bonchev–Trinajstić information content (AvgIpc) is 3.19. The number of rotatable bonds is 7. The number of benzene rings is 2. The molecule has 184 valence electrons. The van der Waals surface area contributed by atoms with Crippen molar-refractivity contribution in [1.29, 1.82) is 0 Å². The topological polar surface area (TPSA) is 147 Å². The van der Waals surface area contributed by atoms with Crippen LogP contribution in [0.4, 0.5) is 11.5 Å². The number of para-hydroxylation sites is 1. The highest BCUT2D eigenvalue weighted by molar-refractivity contribution is 6.08. The highest BCUT2D eigenvalue weighted by atomic mass is 16.5. The zero-order chi connectivity index (χ0) is 25.8. The molecule has 0 atom stereocenters. The van der Waals surface area contributed by atoms with Crippen LogP contribution in [-0.4, -0.2) is 34.4 Å². The number of carbonyl (C=O) groups is 3. The van der Waals surface area contributed by atoms with Crippen molar-refractivity contribution in [3.8, 4) is 0 Å². The summed E-state index contributed by atoms with van der Waals surface area (Å²) >= 11 is 0. The first kappa shape index (κ1) is 24.4. The Hall–Kier alpha value is -4.73. The minimum absolute atomic E-state index is 0.00299. The number of aryl methyl sites for hydroxylation is 2. The molecule has 0 radical (unpaired) electrons. The predicted molar refractivity (Wildman–Crippen MR) is 132 cm³/mol. The van der Waals surface area contributed by atoms with Gasteiger partial charge in [-0.2, -0.15) is 4.98 Å². The van der Waals surface area contributed by atoms with E-state index in [4.69, 9.17) is 19.6 Å². The molecule has 2 heterocycles. The SMILES string of the molecule is CCOC(=O)c1c(C)oc2nc(COC(=O)c3ccccc3NC(=O)c3cccc(C)c3)nc(N)c12. The zero-order valence-corrected chi connectivity index (χ0v) is 20.0. The molecule has 2 aromatic heterocycles. The number of hydrogen-bond donors (Lipinski definition) is 2. The maximum Gasteiger partial charge on any atom is 0.342 e. The standard InChI is InChI=1S/C26H24N4O6/c1-4-34-26(33)20-15(3)36-24-21(20)22(27)29-19(30-24)13-35-25(32)17-10-5-6-11-18(17)28-23(31)16-9-7-8-14(2)12-16/h5-12H,4,13H2,1-3H3,(H,28,31)(H2,27,29,30).